The second kappa shape index (κ2) is 4.96. The Bertz CT molecular complexity index is 412. The van der Waals surface area contributed by atoms with E-state index in [-0.39, 0.29) is 12.1 Å². The number of carbonyl (C=O) groups is 1. The smallest absolute Gasteiger partial charge is 0.410 e. The van der Waals surface area contributed by atoms with Crippen molar-refractivity contribution in [3.8, 4) is 0 Å². The molecule has 0 saturated carbocycles. The average Bonchev–Trinajstić information content (AvgIpc) is 2.76. The third-order valence-corrected chi connectivity index (χ3v) is 2.97. The maximum Gasteiger partial charge on any atom is 0.410 e. The Morgan fingerprint density at radius 2 is 2.06 bits per heavy atom. The summed E-state index contributed by atoms with van der Waals surface area (Å²) in [4.78, 5) is 18.0. The van der Waals surface area contributed by atoms with E-state index in [0.717, 1.165) is 24.9 Å². The van der Waals surface area contributed by atoms with Gasteiger partial charge in [-0.15, -0.1) is 0 Å². The molecule has 0 radical (unpaired) electrons. The normalized spacial score (nSPS) is 19.9. The van der Waals surface area contributed by atoms with E-state index in [1.807, 2.05) is 37.8 Å². The van der Waals surface area contributed by atoms with Gasteiger partial charge in [-0.2, -0.15) is 0 Å². The minimum Gasteiger partial charge on any atom is -0.444 e. The molecular formula is C14H20N2O2. The Morgan fingerprint density at radius 1 is 1.39 bits per heavy atom. The summed E-state index contributed by atoms with van der Waals surface area (Å²) in [6.07, 6.45) is 5.32. The van der Waals surface area contributed by atoms with Gasteiger partial charge in [0.1, 0.15) is 5.60 Å². The molecule has 98 valence electrons. The fourth-order valence-corrected chi connectivity index (χ4v) is 2.24. The van der Waals surface area contributed by atoms with Crippen LogP contribution in [0, 0.1) is 0 Å². The summed E-state index contributed by atoms with van der Waals surface area (Å²) in [7, 11) is 0. The molecular weight excluding hydrogens is 228 g/mol. The van der Waals surface area contributed by atoms with Crippen LogP contribution in [-0.2, 0) is 4.74 Å². The first-order valence-corrected chi connectivity index (χ1v) is 6.37. The lowest BCUT2D eigenvalue weighted by molar-refractivity contribution is 0.0224. The summed E-state index contributed by atoms with van der Waals surface area (Å²) >= 11 is 0. The first-order chi connectivity index (χ1) is 8.47. The van der Waals surface area contributed by atoms with Crippen molar-refractivity contribution < 1.29 is 9.53 Å². The highest BCUT2D eigenvalue weighted by molar-refractivity contribution is 5.69. The molecule has 4 nitrogen and oxygen atoms in total. The van der Waals surface area contributed by atoms with E-state index in [1.165, 1.54) is 0 Å². The minimum atomic E-state index is -0.442. The van der Waals surface area contributed by atoms with Crippen LogP contribution in [-0.4, -0.2) is 28.1 Å². The van der Waals surface area contributed by atoms with Crippen molar-refractivity contribution in [2.75, 3.05) is 6.54 Å². The van der Waals surface area contributed by atoms with Crippen molar-refractivity contribution >= 4 is 6.09 Å². The highest BCUT2D eigenvalue weighted by Crippen LogP contribution is 2.32. The number of hydrogen-bond acceptors (Lipinski definition) is 3. The fraction of sp³-hybridized carbons (Fsp3) is 0.571. The number of nitrogens with zero attached hydrogens (tertiary/aromatic N) is 2. The molecule has 1 atom stereocenters. The van der Waals surface area contributed by atoms with E-state index in [4.69, 9.17) is 4.74 Å². The molecule has 2 rings (SSSR count). The number of hydrogen-bond donors (Lipinski definition) is 0. The Balaban J connectivity index is 2.11. The van der Waals surface area contributed by atoms with E-state index in [2.05, 4.69) is 4.98 Å². The SMILES string of the molecule is CC(C)(C)OC(=O)N1CCCC1c1ccncc1. The zero-order valence-corrected chi connectivity index (χ0v) is 11.2. The number of likely N-dealkylation sites (tertiary alicyclic amines) is 1. The third kappa shape index (κ3) is 3.00. The monoisotopic (exact) mass is 248 g/mol. The lowest BCUT2D eigenvalue weighted by Gasteiger charge is -2.28. The van der Waals surface area contributed by atoms with E-state index in [9.17, 15) is 4.79 Å². The molecule has 0 N–H and O–H groups in total. The van der Waals surface area contributed by atoms with Crippen LogP contribution in [0.2, 0.25) is 0 Å². The molecule has 1 unspecified atom stereocenters. The fourth-order valence-electron chi connectivity index (χ4n) is 2.24. The van der Waals surface area contributed by atoms with Gasteiger partial charge in [-0.05, 0) is 51.3 Å². The van der Waals surface area contributed by atoms with Crippen molar-refractivity contribution in [2.45, 2.75) is 45.3 Å². The summed E-state index contributed by atoms with van der Waals surface area (Å²) in [5, 5.41) is 0. The predicted octanol–water partition coefficient (Wildman–Crippen LogP) is 3.15. The van der Waals surface area contributed by atoms with Crippen LogP contribution >= 0.6 is 0 Å². The van der Waals surface area contributed by atoms with Gasteiger partial charge < -0.3 is 9.64 Å². The number of pyridine rings is 1. The maximum atomic E-state index is 12.1. The Morgan fingerprint density at radius 3 is 2.67 bits per heavy atom. The quantitative estimate of drug-likeness (QED) is 0.766. The number of carbonyl (C=O) groups excluding carboxylic acids is 1. The van der Waals surface area contributed by atoms with Gasteiger partial charge in [0.25, 0.3) is 0 Å². The van der Waals surface area contributed by atoms with Gasteiger partial charge in [0.05, 0.1) is 6.04 Å². The lowest BCUT2D eigenvalue weighted by atomic mass is 10.1. The summed E-state index contributed by atoms with van der Waals surface area (Å²) in [6, 6.07) is 4.06. The highest BCUT2D eigenvalue weighted by atomic mass is 16.6. The third-order valence-electron chi connectivity index (χ3n) is 2.97. The van der Waals surface area contributed by atoms with Crippen LogP contribution in [0.25, 0.3) is 0 Å². The van der Waals surface area contributed by atoms with E-state index < -0.39 is 5.60 Å². The predicted molar refractivity (Wildman–Crippen MR) is 69.2 cm³/mol. The second-order valence-corrected chi connectivity index (χ2v) is 5.61. The zero-order chi connectivity index (χ0) is 13.2. The van der Waals surface area contributed by atoms with Gasteiger partial charge in [-0.1, -0.05) is 0 Å². The number of amides is 1. The van der Waals surface area contributed by atoms with Crippen molar-refractivity contribution in [3.63, 3.8) is 0 Å². The molecule has 2 heterocycles. The van der Waals surface area contributed by atoms with Gasteiger partial charge in [0, 0.05) is 18.9 Å². The molecule has 18 heavy (non-hydrogen) atoms. The van der Waals surface area contributed by atoms with Crippen LogP contribution < -0.4 is 0 Å². The molecule has 0 aliphatic carbocycles. The molecule has 0 spiro atoms. The Kier molecular flexibility index (Phi) is 3.55. The first-order valence-electron chi connectivity index (χ1n) is 6.37. The first kappa shape index (κ1) is 12.9. The van der Waals surface area contributed by atoms with Crippen molar-refractivity contribution in [1.29, 1.82) is 0 Å². The molecule has 1 saturated heterocycles. The van der Waals surface area contributed by atoms with Crippen molar-refractivity contribution in [1.82, 2.24) is 9.88 Å². The molecule has 0 bridgehead atoms. The van der Waals surface area contributed by atoms with Crippen LogP contribution in [0.1, 0.15) is 45.2 Å². The van der Waals surface area contributed by atoms with Crippen molar-refractivity contribution in [3.05, 3.63) is 30.1 Å². The Hall–Kier alpha value is -1.58. The standard InChI is InChI=1S/C14H20N2O2/c1-14(2,3)18-13(17)16-10-4-5-12(16)11-6-8-15-9-7-11/h6-9,12H,4-5,10H2,1-3H3. The summed E-state index contributed by atoms with van der Waals surface area (Å²) in [5.74, 6) is 0. The summed E-state index contributed by atoms with van der Waals surface area (Å²) < 4.78 is 5.44. The van der Waals surface area contributed by atoms with E-state index in [1.54, 1.807) is 12.4 Å². The largest absolute Gasteiger partial charge is 0.444 e. The molecule has 1 amide bonds. The van der Waals surface area contributed by atoms with Crippen LogP contribution in [0.5, 0.6) is 0 Å². The maximum absolute atomic E-state index is 12.1. The van der Waals surface area contributed by atoms with Crippen LogP contribution in [0.4, 0.5) is 4.79 Å². The molecule has 1 aliphatic heterocycles. The molecule has 0 aromatic carbocycles. The van der Waals surface area contributed by atoms with E-state index in [0.29, 0.717) is 0 Å². The minimum absolute atomic E-state index is 0.128. The van der Waals surface area contributed by atoms with Gasteiger partial charge in [0.2, 0.25) is 0 Å². The van der Waals surface area contributed by atoms with Gasteiger partial charge in [-0.3, -0.25) is 4.98 Å². The summed E-state index contributed by atoms with van der Waals surface area (Å²) in [6.45, 7) is 6.44. The number of ether oxygens (including phenoxy) is 1. The average molecular weight is 248 g/mol. The molecule has 1 fully saturated rings. The zero-order valence-electron chi connectivity index (χ0n) is 11.2. The van der Waals surface area contributed by atoms with Crippen LogP contribution in [0.3, 0.4) is 0 Å². The van der Waals surface area contributed by atoms with Gasteiger partial charge in [0.15, 0.2) is 0 Å². The van der Waals surface area contributed by atoms with Crippen molar-refractivity contribution in [2.24, 2.45) is 0 Å². The van der Waals surface area contributed by atoms with E-state index >= 15 is 0 Å². The molecule has 4 heteroatoms. The topological polar surface area (TPSA) is 42.4 Å². The van der Waals surface area contributed by atoms with Crippen LogP contribution in [0.15, 0.2) is 24.5 Å². The number of aromatic nitrogens is 1. The second-order valence-electron chi connectivity index (χ2n) is 5.61. The summed E-state index contributed by atoms with van der Waals surface area (Å²) in [5.41, 5.74) is 0.691. The molecule has 1 aromatic rings. The van der Waals surface area contributed by atoms with Gasteiger partial charge in [-0.25, -0.2) is 4.79 Å². The van der Waals surface area contributed by atoms with Gasteiger partial charge >= 0.3 is 6.09 Å². The Labute approximate surface area is 108 Å². The highest BCUT2D eigenvalue weighted by Gasteiger charge is 2.32. The molecule has 1 aromatic heterocycles. The molecule has 1 aliphatic rings. The number of rotatable bonds is 1. The lowest BCUT2D eigenvalue weighted by Crippen LogP contribution is -2.36.